The lowest BCUT2D eigenvalue weighted by Gasteiger charge is -2.11. The minimum atomic E-state index is 0.722. The molecule has 0 amide bonds. The van der Waals surface area contributed by atoms with Crippen LogP contribution in [0.2, 0.25) is 0 Å². The molecule has 1 aliphatic rings. The summed E-state index contributed by atoms with van der Waals surface area (Å²) in [6, 6.07) is 0.722. The molecule has 1 fully saturated rings. The van der Waals surface area contributed by atoms with Crippen molar-refractivity contribution in [2.75, 3.05) is 6.26 Å². The van der Waals surface area contributed by atoms with E-state index in [1.165, 1.54) is 34.8 Å². The monoisotopic (exact) mass is 256 g/mol. The summed E-state index contributed by atoms with van der Waals surface area (Å²) < 4.78 is 0. The minimum absolute atomic E-state index is 0.722. The zero-order chi connectivity index (χ0) is 11.5. The lowest BCUT2D eigenvalue weighted by Crippen LogP contribution is -2.26. The number of nitrogens with one attached hydrogen (secondary N) is 1. The van der Waals surface area contributed by atoms with E-state index in [0.29, 0.717) is 0 Å². The molecule has 1 heterocycles. The minimum Gasteiger partial charge on any atom is -0.309 e. The molecule has 16 heavy (non-hydrogen) atoms. The van der Waals surface area contributed by atoms with Gasteiger partial charge in [-0.25, -0.2) is 4.98 Å². The molecule has 1 N–H and O–H groups in total. The van der Waals surface area contributed by atoms with Crippen LogP contribution in [0.3, 0.4) is 0 Å². The number of hydrogen-bond acceptors (Lipinski definition) is 4. The van der Waals surface area contributed by atoms with Gasteiger partial charge in [-0.3, -0.25) is 0 Å². The molecule has 1 aliphatic carbocycles. The third kappa shape index (κ3) is 2.99. The first-order chi connectivity index (χ1) is 7.69. The van der Waals surface area contributed by atoms with Gasteiger partial charge >= 0.3 is 0 Å². The molecule has 2 rings (SSSR count). The number of nitrogens with zero attached hydrogens (tertiary/aromatic N) is 1. The second-order valence-electron chi connectivity index (χ2n) is 4.49. The van der Waals surface area contributed by atoms with Gasteiger partial charge in [-0.1, -0.05) is 0 Å². The van der Waals surface area contributed by atoms with Crippen LogP contribution in [0, 0.1) is 13.8 Å². The van der Waals surface area contributed by atoms with E-state index in [4.69, 9.17) is 0 Å². The zero-order valence-corrected chi connectivity index (χ0v) is 11.9. The molecule has 1 saturated carbocycles. The van der Waals surface area contributed by atoms with E-state index in [9.17, 15) is 0 Å². The molecular formula is C12H20N2S2. The Morgan fingerprint density at radius 1 is 1.44 bits per heavy atom. The first-order valence-electron chi connectivity index (χ1n) is 5.88. The van der Waals surface area contributed by atoms with E-state index in [0.717, 1.165) is 17.8 Å². The molecular weight excluding hydrogens is 236 g/mol. The van der Waals surface area contributed by atoms with Gasteiger partial charge in [0.15, 0.2) is 0 Å². The van der Waals surface area contributed by atoms with Crippen LogP contribution in [0.15, 0.2) is 0 Å². The van der Waals surface area contributed by atoms with Crippen molar-refractivity contribution in [2.24, 2.45) is 0 Å². The summed E-state index contributed by atoms with van der Waals surface area (Å²) in [5.41, 5.74) is 1.20. The number of thiazole rings is 1. The molecule has 0 aromatic carbocycles. The van der Waals surface area contributed by atoms with Crippen LogP contribution in [-0.4, -0.2) is 22.5 Å². The Balaban J connectivity index is 1.82. The Bertz CT molecular complexity index is 349. The van der Waals surface area contributed by atoms with Gasteiger partial charge in [-0.2, -0.15) is 11.8 Å². The zero-order valence-electron chi connectivity index (χ0n) is 10.2. The van der Waals surface area contributed by atoms with Crippen molar-refractivity contribution in [3.05, 3.63) is 15.6 Å². The fraction of sp³-hybridized carbons (Fsp3) is 0.750. The number of thioether (sulfide) groups is 1. The van der Waals surface area contributed by atoms with E-state index in [1.54, 1.807) is 0 Å². The summed E-state index contributed by atoms with van der Waals surface area (Å²) >= 11 is 3.84. The second-order valence-corrected chi connectivity index (χ2v) is 6.92. The smallest absolute Gasteiger partial charge is 0.0900 e. The molecule has 90 valence electrons. The highest BCUT2D eigenvalue weighted by atomic mass is 32.2. The van der Waals surface area contributed by atoms with Crippen LogP contribution in [0.25, 0.3) is 0 Å². The van der Waals surface area contributed by atoms with Crippen LogP contribution in [-0.2, 0) is 6.54 Å². The molecule has 4 heteroatoms. The molecule has 2 nitrogen and oxygen atoms in total. The lowest BCUT2D eigenvalue weighted by molar-refractivity contribution is 0.527. The highest BCUT2D eigenvalue weighted by Crippen LogP contribution is 2.28. The maximum Gasteiger partial charge on any atom is 0.0900 e. The SMILES string of the molecule is CSC1CCC(NCc2sc(C)nc2C)C1. The van der Waals surface area contributed by atoms with Gasteiger partial charge < -0.3 is 5.32 Å². The highest BCUT2D eigenvalue weighted by Gasteiger charge is 2.23. The summed E-state index contributed by atoms with van der Waals surface area (Å²) in [4.78, 5) is 5.87. The van der Waals surface area contributed by atoms with Gasteiger partial charge in [0, 0.05) is 22.7 Å². The first-order valence-corrected chi connectivity index (χ1v) is 7.98. The van der Waals surface area contributed by atoms with Gasteiger partial charge in [0.1, 0.15) is 0 Å². The fourth-order valence-corrected chi connectivity index (χ4v) is 4.00. The number of rotatable bonds is 4. The van der Waals surface area contributed by atoms with Crippen LogP contribution < -0.4 is 5.32 Å². The summed E-state index contributed by atoms with van der Waals surface area (Å²) in [7, 11) is 0. The normalized spacial score (nSPS) is 25.2. The average Bonchev–Trinajstić information content (AvgIpc) is 2.82. The van der Waals surface area contributed by atoms with Crippen molar-refractivity contribution in [3.63, 3.8) is 0 Å². The topological polar surface area (TPSA) is 24.9 Å². The summed E-state index contributed by atoms with van der Waals surface area (Å²) in [6.45, 7) is 5.20. The van der Waals surface area contributed by atoms with Crippen LogP contribution in [0.4, 0.5) is 0 Å². The largest absolute Gasteiger partial charge is 0.309 e. The van der Waals surface area contributed by atoms with Crippen LogP contribution in [0.1, 0.15) is 34.8 Å². The van der Waals surface area contributed by atoms with Gasteiger partial charge in [0.25, 0.3) is 0 Å². The maximum absolute atomic E-state index is 4.46. The Kier molecular flexibility index (Phi) is 4.27. The van der Waals surface area contributed by atoms with Gasteiger partial charge in [-0.15, -0.1) is 11.3 Å². The summed E-state index contributed by atoms with van der Waals surface area (Å²) in [6.07, 6.45) is 6.27. The maximum atomic E-state index is 4.46. The first kappa shape index (κ1) is 12.4. The fourth-order valence-electron chi connectivity index (χ4n) is 2.31. The Morgan fingerprint density at radius 3 is 2.81 bits per heavy atom. The van der Waals surface area contributed by atoms with Crippen molar-refractivity contribution in [1.82, 2.24) is 10.3 Å². The van der Waals surface area contributed by atoms with Crippen LogP contribution >= 0.6 is 23.1 Å². The Morgan fingerprint density at radius 2 is 2.25 bits per heavy atom. The van der Waals surface area contributed by atoms with E-state index < -0.39 is 0 Å². The summed E-state index contributed by atoms with van der Waals surface area (Å²) in [5, 5.41) is 5.73. The molecule has 0 spiro atoms. The third-order valence-electron chi connectivity index (χ3n) is 3.27. The molecule has 0 aliphatic heterocycles. The molecule has 2 atom stereocenters. The quantitative estimate of drug-likeness (QED) is 0.896. The van der Waals surface area contributed by atoms with E-state index in [2.05, 4.69) is 30.4 Å². The van der Waals surface area contributed by atoms with Crippen molar-refractivity contribution in [3.8, 4) is 0 Å². The predicted molar refractivity (Wildman–Crippen MR) is 73.4 cm³/mol. The molecule has 0 bridgehead atoms. The lowest BCUT2D eigenvalue weighted by atomic mass is 10.2. The van der Waals surface area contributed by atoms with Gasteiger partial charge in [-0.05, 0) is 39.4 Å². The molecule has 0 saturated heterocycles. The van der Waals surface area contributed by atoms with Gasteiger partial charge in [0.2, 0.25) is 0 Å². The van der Waals surface area contributed by atoms with Crippen molar-refractivity contribution in [1.29, 1.82) is 0 Å². The van der Waals surface area contributed by atoms with Crippen molar-refractivity contribution >= 4 is 23.1 Å². The highest BCUT2D eigenvalue weighted by molar-refractivity contribution is 7.99. The molecule has 1 aromatic heterocycles. The number of aryl methyl sites for hydroxylation is 2. The average molecular weight is 256 g/mol. The molecule has 0 radical (unpaired) electrons. The van der Waals surface area contributed by atoms with Gasteiger partial charge in [0.05, 0.1) is 10.7 Å². The Labute approximate surface area is 106 Å². The van der Waals surface area contributed by atoms with E-state index in [1.807, 2.05) is 23.1 Å². The third-order valence-corrected chi connectivity index (χ3v) is 5.44. The van der Waals surface area contributed by atoms with Crippen molar-refractivity contribution in [2.45, 2.75) is 50.9 Å². The van der Waals surface area contributed by atoms with E-state index >= 15 is 0 Å². The second kappa shape index (κ2) is 5.52. The molecule has 1 aromatic rings. The van der Waals surface area contributed by atoms with Crippen LogP contribution in [0.5, 0.6) is 0 Å². The Hall–Kier alpha value is -0.0600. The predicted octanol–water partition coefficient (Wildman–Crippen LogP) is 3.13. The van der Waals surface area contributed by atoms with Crippen molar-refractivity contribution < 1.29 is 0 Å². The number of aromatic nitrogens is 1. The molecule has 2 unspecified atom stereocenters. The standard InChI is InChI=1S/C12H20N2S2/c1-8-12(16-9(2)14-8)7-13-10-4-5-11(6-10)15-3/h10-11,13H,4-7H2,1-3H3. The summed E-state index contributed by atoms with van der Waals surface area (Å²) in [5.74, 6) is 0. The number of hydrogen-bond donors (Lipinski definition) is 1. The van der Waals surface area contributed by atoms with E-state index in [-0.39, 0.29) is 0 Å².